The van der Waals surface area contributed by atoms with Gasteiger partial charge in [0.1, 0.15) is 0 Å². The molecule has 0 bridgehead atoms. The number of carboxylic acids is 1. The van der Waals surface area contributed by atoms with Crippen LogP contribution in [0.25, 0.3) is 0 Å². The predicted molar refractivity (Wildman–Crippen MR) is 67.5 cm³/mol. The van der Waals surface area contributed by atoms with Crippen LogP contribution in [0, 0.1) is 6.92 Å². The fourth-order valence-corrected chi connectivity index (χ4v) is 2.25. The Morgan fingerprint density at radius 1 is 1.47 bits per heavy atom. The van der Waals surface area contributed by atoms with E-state index in [9.17, 15) is 9.59 Å². The zero-order valence-corrected chi connectivity index (χ0v) is 11.1. The minimum absolute atomic E-state index is 0.0698. The largest absolute Gasteiger partial charge is 0.481 e. The Balaban J connectivity index is 2.74. The molecule has 0 unspecified atom stereocenters. The predicted octanol–water partition coefficient (Wildman–Crippen LogP) is 2.43. The fourth-order valence-electron chi connectivity index (χ4n) is 1.48. The van der Waals surface area contributed by atoms with E-state index in [0.717, 1.165) is 4.88 Å². The maximum absolute atomic E-state index is 11.9. The molecular weight excluding hydrogens is 238 g/mol. The van der Waals surface area contributed by atoms with Crippen molar-refractivity contribution < 1.29 is 14.7 Å². The standard InChI is InChI=1S/C12H17NO3S/c1-4-12(3,7-10(14)15)13-11(16)9-6-5-8(2)17-9/h5-6H,4,7H2,1-3H3,(H,13,16)(H,14,15)/t12-/m1/s1. The van der Waals surface area contributed by atoms with Gasteiger partial charge in [0.05, 0.1) is 11.3 Å². The summed E-state index contributed by atoms with van der Waals surface area (Å²) < 4.78 is 0. The molecular formula is C12H17NO3S. The number of aliphatic carboxylic acids is 1. The zero-order valence-electron chi connectivity index (χ0n) is 10.2. The van der Waals surface area contributed by atoms with Crippen LogP contribution >= 0.6 is 11.3 Å². The van der Waals surface area contributed by atoms with Crippen molar-refractivity contribution in [3.05, 3.63) is 21.9 Å². The van der Waals surface area contributed by atoms with E-state index >= 15 is 0 Å². The van der Waals surface area contributed by atoms with Crippen LogP contribution in [0.2, 0.25) is 0 Å². The summed E-state index contributed by atoms with van der Waals surface area (Å²) in [5.74, 6) is -1.11. The van der Waals surface area contributed by atoms with Crippen LogP contribution in [0.5, 0.6) is 0 Å². The van der Waals surface area contributed by atoms with Crippen LogP contribution in [0.15, 0.2) is 12.1 Å². The number of nitrogens with one attached hydrogen (secondary N) is 1. The summed E-state index contributed by atoms with van der Waals surface area (Å²) in [6, 6.07) is 3.63. The SMILES string of the molecule is CC[C@](C)(CC(=O)O)NC(=O)c1ccc(C)s1. The van der Waals surface area contributed by atoms with Crippen molar-refractivity contribution in [1.29, 1.82) is 0 Å². The van der Waals surface area contributed by atoms with Crippen molar-refractivity contribution in [3.8, 4) is 0 Å². The smallest absolute Gasteiger partial charge is 0.305 e. The average molecular weight is 255 g/mol. The lowest BCUT2D eigenvalue weighted by molar-refractivity contribution is -0.138. The molecule has 0 radical (unpaired) electrons. The Hall–Kier alpha value is -1.36. The third kappa shape index (κ3) is 3.85. The molecule has 1 aromatic rings. The second-order valence-electron chi connectivity index (χ2n) is 4.35. The molecule has 0 aliphatic carbocycles. The number of aryl methyl sites for hydroxylation is 1. The summed E-state index contributed by atoms with van der Waals surface area (Å²) in [6.07, 6.45) is 0.509. The van der Waals surface area contributed by atoms with Crippen LogP contribution in [0.3, 0.4) is 0 Å². The normalized spacial score (nSPS) is 14.1. The number of thiophene rings is 1. The molecule has 0 aliphatic heterocycles. The van der Waals surface area contributed by atoms with Crippen LogP contribution < -0.4 is 5.32 Å². The molecule has 1 heterocycles. The molecule has 0 spiro atoms. The van der Waals surface area contributed by atoms with Gasteiger partial charge in [0.2, 0.25) is 0 Å². The Kier molecular flexibility index (Phi) is 4.28. The molecule has 1 rings (SSSR count). The highest BCUT2D eigenvalue weighted by Gasteiger charge is 2.28. The first-order chi connectivity index (χ1) is 7.86. The maximum Gasteiger partial charge on any atom is 0.305 e. The highest BCUT2D eigenvalue weighted by molar-refractivity contribution is 7.13. The highest BCUT2D eigenvalue weighted by Crippen LogP contribution is 2.19. The highest BCUT2D eigenvalue weighted by atomic mass is 32.1. The molecule has 1 atom stereocenters. The number of carboxylic acid groups (broad SMARTS) is 1. The molecule has 17 heavy (non-hydrogen) atoms. The summed E-state index contributed by atoms with van der Waals surface area (Å²) in [5, 5.41) is 11.6. The Morgan fingerprint density at radius 2 is 2.12 bits per heavy atom. The lowest BCUT2D eigenvalue weighted by Gasteiger charge is -2.27. The van der Waals surface area contributed by atoms with E-state index in [1.807, 2.05) is 19.9 Å². The van der Waals surface area contributed by atoms with Gasteiger partial charge in [0.15, 0.2) is 0 Å². The monoisotopic (exact) mass is 255 g/mol. The number of hydrogen-bond donors (Lipinski definition) is 2. The van der Waals surface area contributed by atoms with E-state index < -0.39 is 11.5 Å². The number of carbonyl (C=O) groups excluding carboxylic acids is 1. The molecule has 0 saturated carbocycles. The molecule has 0 aromatic carbocycles. The van der Waals surface area contributed by atoms with Gasteiger partial charge in [-0.05, 0) is 32.4 Å². The van der Waals surface area contributed by atoms with Crippen molar-refractivity contribution in [2.24, 2.45) is 0 Å². The first kappa shape index (κ1) is 13.7. The average Bonchev–Trinajstić information content (AvgIpc) is 2.63. The summed E-state index contributed by atoms with van der Waals surface area (Å²) in [4.78, 5) is 24.3. The van der Waals surface area contributed by atoms with Crippen LogP contribution in [-0.4, -0.2) is 22.5 Å². The van der Waals surface area contributed by atoms with Crippen LogP contribution in [-0.2, 0) is 4.79 Å². The summed E-state index contributed by atoms with van der Waals surface area (Å²) in [7, 11) is 0. The number of rotatable bonds is 5. The first-order valence-corrected chi connectivity index (χ1v) is 6.29. The minimum atomic E-state index is -0.906. The van der Waals surface area contributed by atoms with E-state index in [0.29, 0.717) is 11.3 Å². The topological polar surface area (TPSA) is 66.4 Å². The van der Waals surface area contributed by atoms with Gasteiger partial charge in [-0.15, -0.1) is 11.3 Å². The maximum atomic E-state index is 11.9. The minimum Gasteiger partial charge on any atom is -0.481 e. The van der Waals surface area contributed by atoms with Gasteiger partial charge in [-0.2, -0.15) is 0 Å². The molecule has 1 amide bonds. The van der Waals surface area contributed by atoms with Gasteiger partial charge in [0.25, 0.3) is 5.91 Å². The van der Waals surface area contributed by atoms with Crippen molar-refractivity contribution >= 4 is 23.2 Å². The van der Waals surface area contributed by atoms with E-state index in [2.05, 4.69) is 5.32 Å². The molecule has 1 aromatic heterocycles. The molecule has 4 nitrogen and oxygen atoms in total. The quantitative estimate of drug-likeness (QED) is 0.849. The zero-order chi connectivity index (χ0) is 13.1. The molecule has 2 N–H and O–H groups in total. The van der Waals surface area contributed by atoms with Gasteiger partial charge < -0.3 is 10.4 Å². The van der Waals surface area contributed by atoms with Crippen molar-refractivity contribution in [2.45, 2.75) is 39.2 Å². The summed E-state index contributed by atoms with van der Waals surface area (Å²) >= 11 is 1.41. The Morgan fingerprint density at radius 3 is 2.53 bits per heavy atom. The molecule has 5 heteroatoms. The van der Waals surface area contributed by atoms with E-state index in [1.54, 1.807) is 13.0 Å². The van der Waals surface area contributed by atoms with Crippen LogP contribution in [0.1, 0.15) is 41.2 Å². The van der Waals surface area contributed by atoms with Crippen molar-refractivity contribution in [2.75, 3.05) is 0 Å². The van der Waals surface area contributed by atoms with Crippen LogP contribution in [0.4, 0.5) is 0 Å². The molecule has 94 valence electrons. The van der Waals surface area contributed by atoms with Gasteiger partial charge >= 0.3 is 5.97 Å². The fraction of sp³-hybridized carbons (Fsp3) is 0.500. The molecule has 0 saturated heterocycles. The first-order valence-electron chi connectivity index (χ1n) is 5.47. The van der Waals surface area contributed by atoms with Gasteiger partial charge in [-0.25, -0.2) is 0 Å². The van der Waals surface area contributed by atoms with E-state index in [1.165, 1.54) is 11.3 Å². The lowest BCUT2D eigenvalue weighted by atomic mass is 9.94. The number of amides is 1. The molecule has 0 aliphatic rings. The second-order valence-corrected chi connectivity index (χ2v) is 5.64. The molecule has 0 fully saturated rings. The summed E-state index contributed by atoms with van der Waals surface area (Å²) in [6.45, 7) is 5.54. The third-order valence-electron chi connectivity index (χ3n) is 2.70. The van der Waals surface area contributed by atoms with Crippen molar-refractivity contribution in [3.63, 3.8) is 0 Å². The Bertz CT molecular complexity index is 427. The second kappa shape index (κ2) is 5.31. The number of hydrogen-bond acceptors (Lipinski definition) is 3. The van der Waals surface area contributed by atoms with Gasteiger partial charge in [-0.1, -0.05) is 6.92 Å². The Labute approximate surface area is 105 Å². The lowest BCUT2D eigenvalue weighted by Crippen LogP contribution is -2.46. The summed E-state index contributed by atoms with van der Waals surface area (Å²) in [5.41, 5.74) is -0.694. The van der Waals surface area contributed by atoms with Gasteiger partial charge in [0, 0.05) is 10.4 Å². The third-order valence-corrected chi connectivity index (χ3v) is 3.70. The van der Waals surface area contributed by atoms with Crippen molar-refractivity contribution in [1.82, 2.24) is 5.32 Å². The number of carbonyl (C=O) groups is 2. The van der Waals surface area contributed by atoms with E-state index in [-0.39, 0.29) is 12.3 Å². The van der Waals surface area contributed by atoms with E-state index in [4.69, 9.17) is 5.11 Å². The van der Waals surface area contributed by atoms with Gasteiger partial charge in [-0.3, -0.25) is 9.59 Å².